The lowest BCUT2D eigenvalue weighted by atomic mass is 10.0. The molecule has 0 radical (unpaired) electrons. The SMILES string of the molecule is CC(C)CC(CNC(=O)c1cccc(Cl)c1)N1CCN(C)CC1. The number of hydrogen-bond donors (Lipinski definition) is 1. The van der Waals surface area contributed by atoms with Crippen molar-refractivity contribution in [1.82, 2.24) is 15.1 Å². The van der Waals surface area contributed by atoms with E-state index in [1.54, 1.807) is 18.2 Å². The summed E-state index contributed by atoms with van der Waals surface area (Å²) in [7, 11) is 2.16. The fourth-order valence-electron chi connectivity index (χ4n) is 3.04. The number of likely N-dealkylation sites (N-methyl/N-ethyl adjacent to an activating group) is 1. The Morgan fingerprint density at radius 3 is 2.57 bits per heavy atom. The van der Waals surface area contributed by atoms with Gasteiger partial charge in [-0.3, -0.25) is 9.69 Å². The number of carbonyl (C=O) groups is 1. The van der Waals surface area contributed by atoms with Crippen LogP contribution in [-0.4, -0.2) is 61.5 Å². The number of hydrogen-bond acceptors (Lipinski definition) is 3. The lowest BCUT2D eigenvalue weighted by Crippen LogP contribution is -2.52. The topological polar surface area (TPSA) is 35.6 Å². The molecule has 1 aromatic rings. The minimum Gasteiger partial charge on any atom is -0.350 e. The van der Waals surface area contributed by atoms with Crippen LogP contribution in [0.5, 0.6) is 0 Å². The molecule has 1 amide bonds. The van der Waals surface area contributed by atoms with E-state index in [0.717, 1.165) is 32.6 Å². The first-order valence-corrected chi connectivity index (χ1v) is 8.80. The monoisotopic (exact) mass is 337 g/mol. The van der Waals surface area contributed by atoms with Crippen LogP contribution in [0.1, 0.15) is 30.6 Å². The van der Waals surface area contributed by atoms with Crippen LogP contribution >= 0.6 is 11.6 Å². The fourth-order valence-corrected chi connectivity index (χ4v) is 3.23. The van der Waals surface area contributed by atoms with Crippen LogP contribution in [0.25, 0.3) is 0 Å². The Balaban J connectivity index is 1.93. The van der Waals surface area contributed by atoms with Crippen molar-refractivity contribution in [3.8, 4) is 0 Å². The lowest BCUT2D eigenvalue weighted by Gasteiger charge is -2.38. The minimum atomic E-state index is -0.0459. The maximum Gasteiger partial charge on any atom is 0.251 e. The standard InChI is InChI=1S/C18H28ClN3O/c1-14(2)11-17(22-9-7-21(3)8-10-22)13-20-18(23)15-5-4-6-16(19)12-15/h4-6,12,14,17H,7-11,13H2,1-3H3,(H,20,23). The second kappa shape index (κ2) is 8.67. The minimum absolute atomic E-state index is 0.0459. The van der Waals surface area contributed by atoms with Gasteiger partial charge >= 0.3 is 0 Å². The third-order valence-corrected chi connectivity index (χ3v) is 4.62. The number of benzene rings is 1. The molecule has 1 aromatic carbocycles. The molecule has 0 bridgehead atoms. The van der Waals surface area contributed by atoms with Crippen molar-refractivity contribution in [3.63, 3.8) is 0 Å². The summed E-state index contributed by atoms with van der Waals surface area (Å²) in [5.41, 5.74) is 0.624. The molecule has 0 saturated carbocycles. The van der Waals surface area contributed by atoms with Gasteiger partial charge in [-0.05, 0) is 37.6 Å². The molecule has 1 aliphatic rings. The summed E-state index contributed by atoms with van der Waals surface area (Å²) in [5, 5.41) is 3.68. The molecule has 0 spiro atoms. The van der Waals surface area contributed by atoms with Crippen LogP contribution in [0, 0.1) is 5.92 Å². The zero-order chi connectivity index (χ0) is 16.8. The van der Waals surface area contributed by atoms with E-state index in [0.29, 0.717) is 29.1 Å². The molecule has 2 rings (SSSR count). The Bertz CT molecular complexity index is 513. The van der Waals surface area contributed by atoms with Crippen LogP contribution in [0.4, 0.5) is 0 Å². The lowest BCUT2D eigenvalue weighted by molar-refractivity contribution is 0.0850. The summed E-state index contributed by atoms with van der Waals surface area (Å²) < 4.78 is 0. The predicted octanol–water partition coefficient (Wildman–Crippen LogP) is 2.73. The van der Waals surface area contributed by atoms with E-state index in [1.165, 1.54) is 0 Å². The number of piperazine rings is 1. The molecule has 1 N–H and O–H groups in total. The summed E-state index contributed by atoms with van der Waals surface area (Å²) in [6.45, 7) is 9.49. The van der Waals surface area contributed by atoms with Gasteiger partial charge in [-0.25, -0.2) is 0 Å². The van der Waals surface area contributed by atoms with E-state index < -0.39 is 0 Å². The summed E-state index contributed by atoms with van der Waals surface area (Å²) in [6, 6.07) is 7.50. The van der Waals surface area contributed by atoms with E-state index in [1.807, 2.05) is 6.07 Å². The number of nitrogens with zero attached hydrogens (tertiary/aromatic N) is 2. The predicted molar refractivity (Wildman–Crippen MR) is 96.1 cm³/mol. The molecule has 1 saturated heterocycles. The zero-order valence-electron chi connectivity index (χ0n) is 14.4. The molecule has 0 aliphatic carbocycles. The van der Waals surface area contributed by atoms with E-state index in [2.05, 4.69) is 36.0 Å². The Labute approximate surface area is 144 Å². The first-order chi connectivity index (χ1) is 11.0. The molecule has 1 heterocycles. The van der Waals surface area contributed by atoms with Crippen molar-refractivity contribution >= 4 is 17.5 Å². The van der Waals surface area contributed by atoms with Crippen LogP contribution in [-0.2, 0) is 0 Å². The average molecular weight is 338 g/mol. The van der Waals surface area contributed by atoms with Gasteiger partial charge in [0.05, 0.1) is 0 Å². The van der Waals surface area contributed by atoms with Crippen molar-refractivity contribution < 1.29 is 4.79 Å². The third kappa shape index (κ3) is 5.79. The molecule has 1 fully saturated rings. The molecule has 1 unspecified atom stereocenters. The maximum atomic E-state index is 12.3. The van der Waals surface area contributed by atoms with E-state index in [4.69, 9.17) is 11.6 Å². The van der Waals surface area contributed by atoms with Gasteiger partial charge in [-0.1, -0.05) is 31.5 Å². The Kier molecular flexibility index (Phi) is 6.88. The zero-order valence-corrected chi connectivity index (χ0v) is 15.1. The molecular formula is C18H28ClN3O. The summed E-state index contributed by atoms with van der Waals surface area (Å²) in [5.74, 6) is 0.568. The highest BCUT2D eigenvalue weighted by Gasteiger charge is 2.23. The summed E-state index contributed by atoms with van der Waals surface area (Å²) in [6.07, 6.45) is 1.10. The second-order valence-electron chi connectivity index (χ2n) is 6.84. The highest BCUT2D eigenvalue weighted by molar-refractivity contribution is 6.30. The van der Waals surface area contributed by atoms with Gasteiger partial charge in [0.2, 0.25) is 0 Å². The average Bonchev–Trinajstić information content (AvgIpc) is 2.51. The van der Waals surface area contributed by atoms with Crippen molar-refractivity contribution in [2.24, 2.45) is 5.92 Å². The van der Waals surface area contributed by atoms with Gasteiger partial charge in [0.1, 0.15) is 0 Å². The van der Waals surface area contributed by atoms with Crippen molar-refractivity contribution in [2.45, 2.75) is 26.3 Å². The molecule has 23 heavy (non-hydrogen) atoms. The van der Waals surface area contributed by atoms with E-state index >= 15 is 0 Å². The van der Waals surface area contributed by atoms with Crippen molar-refractivity contribution in [2.75, 3.05) is 39.8 Å². The number of halogens is 1. The van der Waals surface area contributed by atoms with Crippen LogP contribution in [0.3, 0.4) is 0 Å². The van der Waals surface area contributed by atoms with E-state index in [-0.39, 0.29) is 5.91 Å². The third-order valence-electron chi connectivity index (χ3n) is 4.38. The Hall–Kier alpha value is -1.10. The highest BCUT2D eigenvalue weighted by atomic mass is 35.5. The van der Waals surface area contributed by atoms with Gasteiger partial charge in [0.15, 0.2) is 0 Å². The smallest absolute Gasteiger partial charge is 0.251 e. The fraction of sp³-hybridized carbons (Fsp3) is 0.611. The summed E-state index contributed by atoms with van der Waals surface area (Å²) >= 11 is 5.96. The van der Waals surface area contributed by atoms with Crippen molar-refractivity contribution in [3.05, 3.63) is 34.9 Å². The molecule has 1 atom stereocenters. The molecule has 4 nitrogen and oxygen atoms in total. The number of amides is 1. The number of nitrogens with one attached hydrogen (secondary N) is 1. The first kappa shape index (κ1) is 18.2. The Morgan fingerprint density at radius 1 is 1.26 bits per heavy atom. The quantitative estimate of drug-likeness (QED) is 0.867. The van der Waals surface area contributed by atoms with Crippen LogP contribution in [0.2, 0.25) is 5.02 Å². The molecule has 128 valence electrons. The Morgan fingerprint density at radius 2 is 1.96 bits per heavy atom. The molecule has 5 heteroatoms. The molecule has 1 aliphatic heterocycles. The summed E-state index contributed by atoms with van der Waals surface area (Å²) in [4.78, 5) is 17.2. The van der Waals surface area contributed by atoms with Gasteiger partial charge < -0.3 is 10.2 Å². The normalized spacial score (nSPS) is 18.1. The number of rotatable bonds is 6. The van der Waals surface area contributed by atoms with Gasteiger partial charge in [0, 0.05) is 49.4 Å². The molecular weight excluding hydrogens is 310 g/mol. The number of carbonyl (C=O) groups excluding carboxylic acids is 1. The van der Waals surface area contributed by atoms with Crippen LogP contribution < -0.4 is 5.32 Å². The van der Waals surface area contributed by atoms with Gasteiger partial charge in [0.25, 0.3) is 5.91 Å². The second-order valence-corrected chi connectivity index (χ2v) is 7.28. The highest BCUT2D eigenvalue weighted by Crippen LogP contribution is 2.14. The van der Waals surface area contributed by atoms with E-state index in [9.17, 15) is 4.79 Å². The first-order valence-electron chi connectivity index (χ1n) is 8.42. The van der Waals surface area contributed by atoms with Gasteiger partial charge in [-0.2, -0.15) is 0 Å². The van der Waals surface area contributed by atoms with Crippen molar-refractivity contribution in [1.29, 1.82) is 0 Å². The van der Waals surface area contributed by atoms with Crippen LogP contribution in [0.15, 0.2) is 24.3 Å². The maximum absolute atomic E-state index is 12.3. The molecule has 0 aromatic heterocycles. The largest absolute Gasteiger partial charge is 0.350 e. The van der Waals surface area contributed by atoms with Gasteiger partial charge in [-0.15, -0.1) is 0 Å².